The molecule has 0 saturated carbocycles. The molecule has 2 rings (SSSR count). The van der Waals surface area contributed by atoms with E-state index in [0.29, 0.717) is 17.3 Å². The van der Waals surface area contributed by atoms with Crippen LogP contribution in [0.25, 0.3) is 0 Å². The smallest absolute Gasteiger partial charge is 0.263 e. The number of aromatic nitrogens is 1. The minimum atomic E-state index is -3.70. The fourth-order valence-corrected chi connectivity index (χ4v) is 3.83. The van der Waals surface area contributed by atoms with Crippen molar-refractivity contribution in [2.75, 3.05) is 4.72 Å². The van der Waals surface area contributed by atoms with Crippen LogP contribution in [0.15, 0.2) is 39.8 Å². The molecular formula is C13H15BrClN3O2S. The predicted molar refractivity (Wildman–Crippen MR) is 88.0 cm³/mol. The Hall–Kier alpha value is -1.02. The van der Waals surface area contributed by atoms with Crippen molar-refractivity contribution in [3.8, 4) is 0 Å². The molecule has 0 aliphatic rings. The molecule has 5 nitrogen and oxygen atoms in total. The Morgan fingerprint density at radius 3 is 2.62 bits per heavy atom. The number of anilines is 1. The molecule has 3 N–H and O–H groups in total. The lowest BCUT2D eigenvalue weighted by Crippen LogP contribution is -2.12. The molecule has 8 heteroatoms. The van der Waals surface area contributed by atoms with Crippen molar-refractivity contribution in [2.45, 2.75) is 24.9 Å². The third-order valence-corrected chi connectivity index (χ3v) is 5.13. The first-order valence-corrected chi connectivity index (χ1v) is 8.89. The number of nitrogens with one attached hydrogen (secondary N) is 1. The molecule has 0 aliphatic carbocycles. The molecule has 0 amide bonds. The standard InChI is InChI=1S/C13H15BrClN3O2S/c1-2-18-8-11(6-10(18)7-16)21(19,20)17-13-4-3-9(14)5-12(13)15/h3-6,8,17H,2,7,16H2,1H3. The first-order valence-electron chi connectivity index (χ1n) is 6.24. The van der Waals surface area contributed by atoms with Gasteiger partial charge in [0.15, 0.2) is 0 Å². The van der Waals surface area contributed by atoms with Gasteiger partial charge >= 0.3 is 0 Å². The number of hydrogen-bond acceptors (Lipinski definition) is 3. The second-order valence-corrected chi connectivity index (χ2v) is 7.39. The van der Waals surface area contributed by atoms with Gasteiger partial charge in [-0.15, -0.1) is 0 Å². The van der Waals surface area contributed by atoms with Crippen molar-refractivity contribution >= 4 is 43.2 Å². The maximum atomic E-state index is 12.4. The molecule has 0 bridgehead atoms. The first kappa shape index (κ1) is 16.4. The Balaban J connectivity index is 2.36. The van der Waals surface area contributed by atoms with Gasteiger partial charge in [0.2, 0.25) is 0 Å². The van der Waals surface area contributed by atoms with E-state index in [1.165, 1.54) is 0 Å². The topological polar surface area (TPSA) is 77.1 Å². The van der Waals surface area contributed by atoms with E-state index >= 15 is 0 Å². The van der Waals surface area contributed by atoms with E-state index in [0.717, 1.165) is 10.2 Å². The lowest BCUT2D eigenvalue weighted by molar-refractivity contribution is 0.600. The van der Waals surface area contributed by atoms with Crippen molar-refractivity contribution in [3.63, 3.8) is 0 Å². The minimum Gasteiger partial charge on any atom is -0.349 e. The Morgan fingerprint density at radius 2 is 2.10 bits per heavy atom. The Morgan fingerprint density at radius 1 is 1.38 bits per heavy atom. The number of hydrogen-bond donors (Lipinski definition) is 2. The van der Waals surface area contributed by atoms with Gasteiger partial charge < -0.3 is 10.3 Å². The van der Waals surface area contributed by atoms with Crippen LogP contribution in [0.2, 0.25) is 5.02 Å². The summed E-state index contributed by atoms with van der Waals surface area (Å²) in [6.07, 6.45) is 1.57. The highest BCUT2D eigenvalue weighted by Crippen LogP contribution is 2.28. The Bertz CT molecular complexity index is 737. The summed E-state index contributed by atoms with van der Waals surface area (Å²) in [5, 5.41) is 0.321. The third kappa shape index (κ3) is 3.60. The van der Waals surface area contributed by atoms with Crippen LogP contribution in [0.5, 0.6) is 0 Å². The Kier molecular flexibility index (Phi) is 4.98. The van der Waals surface area contributed by atoms with Gasteiger partial charge in [-0.25, -0.2) is 8.42 Å². The SMILES string of the molecule is CCn1cc(S(=O)(=O)Nc2ccc(Br)cc2Cl)cc1CN. The number of sulfonamides is 1. The summed E-state index contributed by atoms with van der Waals surface area (Å²) in [5.74, 6) is 0. The number of aryl methyl sites for hydroxylation is 1. The summed E-state index contributed by atoms with van der Waals surface area (Å²) in [7, 11) is -3.70. The summed E-state index contributed by atoms with van der Waals surface area (Å²) in [6, 6.07) is 6.51. The summed E-state index contributed by atoms with van der Waals surface area (Å²) in [4.78, 5) is 0.170. The fraction of sp³-hybridized carbons (Fsp3) is 0.231. The van der Waals surface area contributed by atoms with Crippen LogP contribution in [-0.2, 0) is 23.1 Å². The number of nitrogens with zero attached hydrogens (tertiary/aromatic N) is 1. The summed E-state index contributed by atoms with van der Waals surface area (Å²) in [5.41, 5.74) is 6.71. The van der Waals surface area contributed by atoms with Crippen LogP contribution >= 0.6 is 27.5 Å². The van der Waals surface area contributed by atoms with E-state index in [2.05, 4.69) is 20.7 Å². The molecule has 1 heterocycles. The highest BCUT2D eigenvalue weighted by Gasteiger charge is 2.19. The molecule has 0 fully saturated rings. The van der Waals surface area contributed by atoms with Crippen LogP contribution in [0.1, 0.15) is 12.6 Å². The van der Waals surface area contributed by atoms with Gasteiger partial charge in [-0.3, -0.25) is 4.72 Å². The van der Waals surface area contributed by atoms with Gasteiger partial charge in [0.05, 0.1) is 10.7 Å². The fourth-order valence-electron chi connectivity index (χ4n) is 1.91. The van der Waals surface area contributed by atoms with Crippen molar-refractivity contribution in [3.05, 3.63) is 45.7 Å². The number of halogens is 2. The average molecular weight is 393 g/mol. The molecule has 2 aromatic rings. The monoisotopic (exact) mass is 391 g/mol. The van der Waals surface area contributed by atoms with Crippen LogP contribution in [0.4, 0.5) is 5.69 Å². The zero-order valence-electron chi connectivity index (χ0n) is 11.3. The maximum Gasteiger partial charge on any atom is 0.263 e. The molecule has 114 valence electrons. The van der Waals surface area contributed by atoms with E-state index in [-0.39, 0.29) is 11.4 Å². The summed E-state index contributed by atoms with van der Waals surface area (Å²) < 4.78 is 29.9. The van der Waals surface area contributed by atoms with E-state index in [9.17, 15) is 8.42 Å². The largest absolute Gasteiger partial charge is 0.349 e. The molecule has 1 aromatic carbocycles. The zero-order chi connectivity index (χ0) is 15.6. The van der Waals surface area contributed by atoms with Crippen LogP contribution in [-0.4, -0.2) is 13.0 Å². The summed E-state index contributed by atoms with van der Waals surface area (Å²) >= 11 is 9.31. The van der Waals surface area contributed by atoms with Gasteiger partial charge in [-0.2, -0.15) is 0 Å². The van der Waals surface area contributed by atoms with Gasteiger partial charge in [-0.05, 0) is 31.2 Å². The quantitative estimate of drug-likeness (QED) is 0.820. The number of rotatable bonds is 5. The van der Waals surface area contributed by atoms with Crippen LogP contribution in [0, 0.1) is 0 Å². The first-order chi connectivity index (χ1) is 9.87. The Labute approximate surface area is 137 Å². The van der Waals surface area contributed by atoms with E-state index in [1.54, 1.807) is 35.0 Å². The van der Waals surface area contributed by atoms with Crippen molar-refractivity contribution < 1.29 is 8.42 Å². The van der Waals surface area contributed by atoms with Gasteiger partial charge in [-0.1, -0.05) is 27.5 Å². The number of nitrogens with two attached hydrogens (primary N) is 1. The van der Waals surface area contributed by atoms with Gasteiger partial charge in [0, 0.05) is 29.5 Å². The van der Waals surface area contributed by atoms with Crippen molar-refractivity contribution in [2.24, 2.45) is 5.73 Å². The average Bonchev–Trinajstić information content (AvgIpc) is 2.86. The predicted octanol–water partition coefficient (Wildman–Crippen LogP) is 3.18. The van der Waals surface area contributed by atoms with E-state index < -0.39 is 10.0 Å². The molecule has 21 heavy (non-hydrogen) atoms. The second-order valence-electron chi connectivity index (χ2n) is 4.39. The molecular weight excluding hydrogens is 378 g/mol. The molecule has 0 saturated heterocycles. The van der Waals surface area contributed by atoms with Crippen molar-refractivity contribution in [1.82, 2.24) is 4.57 Å². The normalized spacial score (nSPS) is 11.6. The molecule has 0 atom stereocenters. The van der Waals surface area contributed by atoms with E-state index in [4.69, 9.17) is 17.3 Å². The maximum absolute atomic E-state index is 12.4. The molecule has 0 unspecified atom stereocenters. The van der Waals surface area contributed by atoms with Crippen LogP contribution < -0.4 is 10.5 Å². The van der Waals surface area contributed by atoms with E-state index in [1.807, 2.05) is 6.92 Å². The van der Waals surface area contributed by atoms with Crippen LogP contribution in [0.3, 0.4) is 0 Å². The van der Waals surface area contributed by atoms with Gasteiger partial charge in [0.1, 0.15) is 4.90 Å². The molecule has 1 aromatic heterocycles. The molecule has 0 radical (unpaired) electrons. The van der Waals surface area contributed by atoms with Crippen molar-refractivity contribution in [1.29, 1.82) is 0 Å². The second kappa shape index (κ2) is 6.39. The molecule has 0 aliphatic heterocycles. The highest BCUT2D eigenvalue weighted by atomic mass is 79.9. The minimum absolute atomic E-state index is 0.170. The summed E-state index contributed by atoms with van der Waals surface area (Å²) in [6.45, 7) is 2.86. The zero-order valence-corrected chi connectivity index (χ0v) is 14.5. The highest BCUT2D eigenvalue weighted by molar-refractivity contribution is 9.10. The number of benzene rings is 1. The lowest BCUT2D eigenvalue weighted by Gasteiger charge is -2.08. The third-order valence-electron chi connectivity index (χ3n) is 3.00. The lowest BCUT2D eigenvalue weighted by atomic mass is 10.3. The molecule has 0 spiro atoms. The van der Waals surface area contributed by atoms with Gasteiger partial charge in [0.25, 0.3) is 10.0 Å².